The summed E-state index contributed by atoms with van der Waals surface area (Å²) in [6.45, 7) is 6.97. The molecule has 1 N–H and O–H groups in total. The van der Waals surface area contributed by atoms with Crippen molar-refractivity contribution < 1.29 is 4.79 Å². The van der Waals surface area contributed by atoms with E-state index in [0.717, 1.165) is 42.6 Å². The lowest BCUT2D eigenvalue weighted by atomic mass is 9.87. The van der Waals surface area contributed by atoms with Crippen LogP contribution in [0.4, 0.5) is 5.69 Å². The number of piperazine rings is 1. The fourth-order valence-corrected chi connectivity index (χ4v) is 5.44. The molecule has 1 aliphatic heterocycles. The predicted molar refractivity (Wildman–Crippen MR) is 154 cm³/mol. The van der Waals surface area contributed by atoms with Crippen LogP contribution in [0.1, 0.15) is 18.9 Å². The average molecular weight is 528 g/mol. The van der Waals surface area contributed by atoms with E-state index in [9.17, 15) is 4.79 Å². The van der Waals surface area contributed by atoms with E-state index in [1.165, 1.54) is 11.3 Å². The number of hydrogen-bond donors (Lipinski definition) is 1. The van der Waals surface area contributed by atoms with Crippen molar-refractivity contribution in [1.29, 1.82) is 0 Å². The van der Waals surface area contributed by atoms with Gasteiger partial charge in [-0.1, -0.05) is 72.3 Å². The number of hydrogen-bond acceptors (Lipinski definition) is 4. The van der Waals surface area contributed by atoms with Crippen molar-refractivity contribution in [3.8, 4) is 11.4 Å². The Kier molecular flexibility index (Phi) is 8.11. The summed E-state index contributed by atoms with van der Waals surface area (Å²) in [5, 5.41) is 3.90. The molecule has 0 spiro atoms. The molecule has 0 saturated carbocycles. The maximum atomic E-state index is 12.7. The molecule has 2 heterocycles. The normalized spacial score (nSPS) is 17.9. The van der Waals surface area contributed by atoms with Crippen molar-refractivity contribution in [2.45, 2.75) is 25.4 Å². The number of carbonyl (C=O) groups is 1. The van der Waals surface area contributed by atoms with E-state index in [2.05, 4.69) is 69.5 Å². The number of nitrogens with one attached hydrogen (secondary N) is 1. The van der Waals surface area contributed by atoms with Crippen molar-refractivity contribution in [1.82, 2.24) is 19.8 Å². The zero-order chi connectivity index (χ0) is 26.4. The first-order valence-corrected chi connectivity index (χ1v) is 13.5. The smallest absolute Gasteiger partial charge is 0.221 e. The van der Waals surface area contributed by atoms with Gasteiger partial charge in [-0.3, -0.25) is 9.69 Å². The quantitative estimate of drug-likeness (QED) is 0.314. The Hall–Kier alpha value is -3.61. The zero-order valence-electron chi connectivity index (χ0n) is 21.8. The van der Waals surface area contributed by atoms with Crippen LogP contribution in [0.15, 0.2) is 97.3 Å². The lowest BCUT2D eigenvalue weighted by Crippen LogP contribution is -2.60. The molecule has 38 heavy (non-hydrogen) atoms. The van der Waals surface area contributed by atoms with Gasteiger partial charge in [0.05, 0.1) is 5.54 Å². The topological polar surface area (TPSA) is 53.4 Å². The van der Waals surface area contributed by atoms with Crippen LogP contribution >= 0.6 is 11.6 Å². The molecule has 1 unspecified atom stereocenters. The molecule has 0 radical (unpaired) electrons. The highest BCUT2D eigenvalue weighted by atomic mass is 35.5. The van der Waals surface area contributed by atoms with E-state index < -0.39 is 0 Å². The maximum absolute atomic E-state index is 12.7. The second-order valence-corrected chi connectivity index (χ2v) is 10.4. The summed E-state index contributed by atoms with van der Waals surface area (Å²) in [6.07, 6.45) is 4.13. The van der Waals surface area contributed by atoms with Gasteiger partial charge in [0.25, 0.3) is 0 Å². The third-order valence-corrected chi connectivity index (χ3v) is 7.71. The first-order chi connectivity index (χ1) is 18.5. The molecule has 7 heteroatoms. The second kappa shape index (κ2) is 11.8. The largest absolute Gasteiger partial charge is 0.368 e. The molecule has 0 bridgehead atoms. The van der Waals surface area contributed by atoms with Crippen molar-refractivity contribution in [3.05, 3.63) is 108 Å². The van der Waals surface area contributed by atoms with Crippen molar-refractivity contribution in [3.63, 3.8) is 0 Å². The Bertz CT molecular complexity index is 1330. The SMILES string of the molecule is CC1(c2ccccc2)CN(c2ccc(Cl)cc2)CCN1CCNC(=O)CCn1ccnc1-c1ccccc1. The summed E-state index contributed by atoms with van der Waals surface area (Å²) in [5.74, 6) is 0.939. The predicted octanol–water partition coefficient (Wildman–Crippen LogP) is 5.45. The summed E-state index contributed by atoms with van der Waals surface area (Å²) in [5.41, 5.74) is 3.32. The maximum Gasteiger partial charge on any atom is 0.221 e. The summed E-state index contributed by atoms with van der Waals surface area (Å²) in [7, 11) is 0. The molecule has 4 aromatic rings. The molecule has 1 amide bonds. The molecular weight excluding hydrogens is 494 g/mol. The van der Waals surface area contributed by atoms with E-state index >= 15 is 0 Å². The Morgan fingerprint density at radius 2 is 1.66 bits per heavy atom. The van der Waals surface area contributed by atoms with Gasteiger partial charge in [0, 0.05) is 74.4 Å². The van der Waals surface area contributed by atoms with Crippen LogP contribution in [-0.2, 0) is 16.9 Å². The van der Waals surface area contributed by atoms with E-state index in [0.29, 0.717) is 19.5 Å². The summed E-state index contributed by atoms with van der Waals surface area (Å²) in [4.78, 5) is 22.1. The lowest BCUT2D eigenvalue weighted by Gasteiger charge is -2.50. The Balaban J connectivity index is 1.19. The van der Waals surface area contributed by atoms with E-state index in [1.54, 1.807) is 6.20 Å². The van der Waals surface area contributed by atoms with Crippen LogP contribution in [0.5, 0.6) is 0 Å². The fourth-order valence-electron chi connectivity index (χ4n) is 5.32. The molecule has 1 aromatic heterocycles. The summed E-state index contributed by atoms with van der Waals surface area (Å²) < 4.78 is 2.04. The van der Waals surface area contributed by atoms with Gasteiger partial charge in [-0.25, -0.2) is 4.98 Å². The van der Waals surface area contributed by atoms with Gasteiger partial charge >= 0.3 is 0 Å². The van der Waals surface area contributed by atoms with Gasteiger partial charge in [0.15, 0.2) is 0 Å². The molecule has 3 aromatic carbocycles. The number of carbonyl (C=O) groups excluding carboxylic acids is 1. The Morgan fingerprint density at radius 1 is 0.947 bits per heavy atom. The van der Waals surface area contributed by atoms with E-state index in [-0.39, 0.29) is 11.4 Å². The highest BCUT2D eigenvalue weighted by Gasteiger charge is 2.39. The van der Waals surface area contributed by atoms with Gasteiger partial charge < -0.3 is 14.8 Å². The molecule has 196 valence electrons. The average Bonchev–Trinajstić information content (AvgIpc) is 3.43. The number of nitrogens with zero attached hydrogens (tertiary/aromatic N) is 4. The number of rotatable bonds is 9. The van der Waals surface area contributed by atoms with Crippen molar-refractivity contribution >= 4 is 23.2 Å². The van der Waals surface area contributed by atoms with Gasteiger partial charge in [0.1, 0.15) is 5.82 Å². The number of benzene rings is 3. The number of aryl methyl sites for hydroxylation is 1. The zero-order valence-corrected chi connectivity index (χ0v) is 22.5. The monoisotopic (exact) mass is 527 g/mol. The number of amides is 1. The van der Waals surface area contributed by atoms with Gasteiger partial charge in [-0.05, 0) is 36.8 Å². The fraction of sp³-hybridized carbons (Fsp3) is 0.290. The minimum atomic E-state index is -0.189. The van der Waals surface area contributed by atoms with Crippen molar-refractivity contribution in [2.24, 2.45) is 0 Å². The molecular formula is C31H34ClN5O. The Labute approximate surface area is 229 Å². The minimum Gasteiger partial charge on any atom is -0.368 e. The number of aromatic nitrogens is 2. The third kappa shape index (κ3) is 5.93. The van der Waals surface area contributed by atoms with Crippen LogP contribution in [0.3, 0.4) is 0 Å². The van der Waals surface area contributed by atoms with Gasteiger partial charge in [-0.2, -0.15) is 0 Å². The molecule has 1 aliphatic rings. The molecule has 1 saturated heterocycles. The highest BCUT2D eigenvalue weighted by Crippen LogP contribution is 2.34. The number of halogens is 1. The van der Waals surface area contributed by atoms with Crippen molar-refractivity contribution in [2.75, 3.05) is 37.6 Å². The Morgan fingerprint density at radius 3 is 2.39 bits per heavy atom. The van der Waals surface area contributed by atoms with Gasteiger partial charge in [0.2, 0.25) is 5.91 Å². The van der Waals surface area contributed by atoms with E-state index in [1.807, 2.05) is 53.2 Å². The second-order valence-electron chi connectivity index (χ2n) is 9.94. The molecule has 1 atom stereocenters. The highest BCUT2D eigenvalue weighted by molar-refractivity contribution is 6.30. The molecule has 6 nitrogen and oxygen atoms in total. The number of imidazole rings is 1. The molecule has 5 rings (SSSR count). The third-order valence-electron chi connectivity index (χ3n) is 7.46. The lowest BCUT2D eigenvalue weighted by molar-refractivity contribution is -0.121. The van der Waals surface area contributed by atoms with Crippen LogP contribution in [0, 0.1) is 0 Å². The van der Waals surface area contributed by atoms with Crippen LogP contribution in [0.25, 0.3) is 11.4 Å². The molecule has 0 aliphatic carbocycles. The van der Waals surface area contributed by atoms with Gasteiger partial charge in [-0.15, -0.1) is 0 Å². The van der Waals surface area contributed by atoms with Crippen LogP contribution < -0.4 is 10.2 Å². The minimum absolute atomic E-state index is 0.0546. The summed E-state index contributed by atoms with van der Waals surface area (Å²) in [6, 6.07) is 28.8. The van der Waals surface area contributed by atoms with Crippen LogP contribution in [0.2, 0.25) is 5.02 Å². The van der Waals surface area contributed by atoms with E-state index in [4.69, 9.17) is 11.6 Å². The standard InChI is InChI=1S/C31H34ClN5O/c1-31(26-10-6-3-7-11-26)24-36(28-14-12-27(32)13-15-28)22-23-37(31)21-18-33-29(38)16-19-35-20-17-34-30(35)25-8-4-2-5-9-25/h2-15,17,20H,16,18-19,21-24H2,1H3,(H,33,38). The molecule has 1 fully saturated rings. The van der Waals surface area contributed by atoms with Crippen LogP contribution in [-0.4, -0.2) is 53.1 Å². The first kappa shape index (κ1) is 26.0. The summed E-state index contributed by atoms with van der Waals surface area (Å²) >= 11 is 6.13. The first-order valence-electron chi connectivity index (χ1n) is 13.2. The number of anilines is 1.